The van der Waals surface area contributed by atoms with Crippen molar-refractivity contribution in [1.29, 1.82) is 0 Å². The molecular weight excluding hydrogens is 362 g/mol. The lowest BCUT2D eigenvalue weighted by molar-refractivity contribution is 0.102. The fraction of sp³-hybridized carbons (Fsp3) is 0.300. The number of Topliss-reactive ketones (excluding diaryl/α,β-unsaturated/α-hetero) is 1. The van der Waals surface area contributed by atoms with Crippen LogP contribution in [0.1, 0.15) is 27.7 Å². The number of ketones is 1. The van der Waals surface area contributed by atoms with E-state index >= 15 is 0 Å². The number of nitrogens with zero attached hydrogens (tertiary/aromatic N) is 2. The minimum absolute atomic E-state index is 0.0135. The zero-order valence-electron chi connectivity index (χ0n) is 15.5. The van der Waals surface area contributed by atoms with Gasteiger partial charge in [0, 0.05) is 31.6 Å². The quantitative estimate of drug-likeness (QED) is 0.693. The maximum atomic E-state index is 11.9. The van der Waals surface area contributed by atoms with Gasteiger partial charge in [0.25, 0.3) is 0 Å². The number of thiophene rings is 1. The number of methoxy groups -OCH3 is 2. The van der Waals surface area contributed by atoms with E-state index < -0.39 is 0 Å². The van der Waals surface area contributed by atoms with Gasteiger partial charge in [-0.25, -0.2) is 0 Å². The van der Waals surface area contributed by atoms with Gasteiger partial charge >= 0.3 is 0 Å². The second-order valence-electron chi connectivity index (χ2n) is 6.58. The van der Waals surface area contributed by atoms with E-state index in [9.17, 15) is 4.79 Å². The molecule has 140 valence electrons. The van der Waals surface area contributed by atoms with E-state index in [0.29, 0.717) is 10.6 Å². The molecule has 0 bridgehead atoms. The molecular formula is C20H21N3O3S. The molecule has 4 rings (SSSR count). The lowest BCUT2D eigenvalue weighted by atomic mass is 9.98. The third kappa shape index (κ3) is 2.88. The highest BCUT2D eigenvalue weighted by Crippen LogP contribution is 2.41. The Labute approximate surface area is 161 Å². The smallest absolute Gasteiger partial charge is 0.171 e. The highest BCUT2D eigenvalue weighted by Gasteiger charge is 2.24. The Bertz CT molecular complexity index is 1040. The van der Waals surface area contributed by atoms with Crippen LogP contribution < -0.4 is 20.1 Å². The summed E-state index contributed by atoms with van der Waals surface area (Å²) in [7, 11) is 3.29. The minimum Gasteiger partial charge on any atom is -0.493 e. The fourth-order valence-electron chi connectivity index (χ4n) is 3.65. The van der Waals surface area contributed by atoms with Crippen LogP contribution in [0.15, 0.2) is 24.5 Å². The number of hydrogen-bond donors (Lipinski definition) is 1. The van der Waals surface area contributed by atoms with Crippen molar-refractivity contribution >= 4 is 38.6 Å². The van der Waals surface area contributed by atoms with Crippen molar-refractivity contribution in [3.63, 3.8) is 0 Å². The molecule has 7 heteroatoms. The van der Waals surface area contributed by atoms with Gasteiger partial charge in [0.1, 0.15) is 0 Å². The number of anilines is 2. The molecule has 0 saturated carbocycles. The summed E-state index contributed by atoms with van der Waals surface area (Å²) < 4.78 is 11.8. The molecule has 0 amide bonds. The standard InChI is InChI=1S/C20H21N3O3S/c1-11(24)20-19(21)18-14(8-22-9-17(18)27-20)23-5-4-12-6-15(25-2)16(26-3)7-13(12)10-23/h6-9H,4-5,10,21H2,1-3H3. The molecule has 1 aliphatic heterocycles. The number of nitrogens with two attached hydrogens (primary N) is 1. The summed E-state index contributed by atoms with van der Waals surface area (Å²) in [6.45, 7) is 3.11. The number of aromatic nitrogens is 1. The van der Waals surface area contributed by atoms with Crippen LogP contribution in [-0.2, 0) is 13.0 Å². The predicted molar refractivity (Wildman–Crippen MR) is 108 cm³/mol. The molecule has 0 fully saturated rings. The topological polar surface area (TPSA) is 77.7 Å². The van der Waals surface area contributed by atoms with Crippen LogP contribution in [-0.4, -0.2) is 31.5 Å². The first-order valence-corrected chi connectivity index (χ1v) is 9.50. The van der Waals surface area contributed by atoms with Crippen molar-refractivity contribution < 1.29 is 14.3 Å². The van der Waals surface area contributed by atoms with Gasteiger partial charge in [0.15, 0.2) is 17.3 Å². The van der Waals surface area contributed by atoms with E-state index in [4.69, 9.17) is 15.2 Å². The molecule has 3 aromatic rings. The van der Waals surface area contributed by atoms with E-state index in [2.05, 4.69) is 16.0 Å². The first-order valence-electron chi connectivity index (χ1n) is 8.69. The summed E-state index contributed by atoms with van der Waals surface area (Å²) in [6.07, 6.45) is 4.49. The van der Waals surface area contributed by atoms with Crippen LogP contribution >= 0.6 is 11.3 Å². The summed E-state index contributed by atoms with van der Waals surface area (Å²) in [5.41, 5.74) is 10.3. The molecule has 1 aliphatic rings. The molecule has 0 aliphatic carbocycles. The molecule has 3 heterocycles. The Morgan fingerprint density at radius 1 is 1.19 bits per heavy atom. The van der Waals surface area contributed by atoms with Crippen LogP contribution in [0.25, 0.3) is 10.1 Å². The molecule has 2 N–H and O–H groups in total. The van der Waals surface area contributed by atoms with Crippen LogP contribution in [0.4, 0.5) is 11.4 Å². The molecule has 0 spiro atoms. The average molecular weight is 383 g/mol. The number of ether oxygens (including phenoxy) is 2. The second kappa shape index (κ2) is 6.74. The lowest BCUT2D eigenvalue weighted by Crippen LogP contribution is -2.30. The number of carbonyl (C=O) groups is 1. The highest BCUT2D eigenvalue weighted by atomic mass is 32.1. The Kier molecular flexibility index (Phi) is 4.39. The van der Waals surface area contributed by atoms with Crippen LogP contribution in [0.5, 0.6) is 11.5 Å². The van der Waals surface area contributed by atoms with E-state index in [-0.39, 0.29) is 5.78 Å². The zero-order chi connectivity index (χ0) is 19.1. The highest BCUT2D eigenvalue weighted by molar-refractivity contribution is 7.21. The maximum absolute atomic E-state index is 11.9. The summed E-state index contributed by atoms with van der Waals surface area (Å²) in [5.74, 6) is 1.46. The molecule has 0 saturated heterocycles. The number of rotatable bonds is 4. The molecule has 6 nitrogen and oxygen atoms in total. The summed E-state index contributed by atoms with van der Waals surface area (Å²) in [4.78, 5) is 19.1. The lowest BCUT2D eigenvalue weighted by Gasteiger charge is -2.31. The van der Waals surface area contributed by atoms with Gasteiger partial charge in [-0.1, -0.05) is 0 Å². The second-order valence-corrected chi connectivity index (χ2v) is 7.63. The van der Waals surface area contributed by atoms with Crippen molar-refractivity contribution in [1.82, 2.24) is 4.98 Å². The number of pyridine rings is 1. The zero-order valence-corrected chi connectivity index (χ0v) is 16.4. The Hall–Kier alpha value is -2.80. The molecule has 0 atom stereocenters. The maximum Gasteiger partial charge on any atom is 0.171 e. The molecule has 1 aromatic carbocycles. The summed E-state index contributed by atoms with van der Waals surface area (Å²) in [6, 6.07) is 4.09. The first-order chi connectivity index (χ1) is 13.0. The van der Waals surface area contributed by atoms with E-state index in [0.717, 1.165) is 46.8 Å². The van der Waals surface area contributed by atoms with Gasteiger partial charge in [-0.2, -0.15) is 0 Å². The van der Waals surface area contributed by atoms with Crippen molar-refractivity contribution in [2.24, 2.45) is 0 Å². The first kappa shape index (κ1) is 17.6. The van der Waals surface area contributed by atoms with E-state index in [1.165, 1.54) is 22.5 Å². The Morgan fingerprint density at radius 3 is 2.56 bits per heavy atom. The average Bonchev–Trinajstić information content (AvgIpc) is 3.03. The number of carbonyl (C=O) groups excluding carboxylic acids is 1. The third-order valence-electron chi connectivity index (χ3n) is 5.00. The number of benzene rings is 1. The monoisotopic (exact) mass is 383 g/mol. The van der Waals surface area contributed by atoms with Gasteiger partial charge in [0.2, 0.25) is 0 Å². The normalized spacial score (nSPS) is 13.5. The number of fused-ring (bicyclic) bond motifs is 2. The van der Waals surface area contributed by atoms with Crippen molar-refractivity contribution in [3.05, 3.63) is 40.5 Å². The van der Waals surface area contributed by atoms with E-state index in [1.54, 1.807) is 27.3 Å². The predicted octanol–water partition coefficient (Wildman–Crippen LogP) is 3.66. The van der Waals surface area contributed by atoms with Gasteiger partial charge in [-0.15, -0.1) is 11.3 Å². The van der Waals surface area contributed by atoms with Crippen molar-refractivity contribution in [2.45, 2.75) is 19.9 Å². The third-order valence-corrected chi connectivity index (χ3v) is 6.24. The van der Waals surface area contributed by atoms with Crippen molar-refractivity contribution in [2.75, 3.05) is 31.4 Å². The van der Waals surface area contributed by atoms with Gasteiger partial charge in [-0.05, 0) is 29.7 Å². The van der Waals surface area contributed by atoms with E-state index in [1.807, 2.05) is 12.3 Å². The van der Waals surface area contributed by atoms with Crippen molar-refractivity contribution in [3.8, 4) is 11.5 Å². The Morgan fingerprint density at radius 2 is 1.89 bits per heavy atom. The van der Waals surface area contributed by atoms with Crippen LogP contribution in [0.2, 0.25) is 0 Å². The molecule has 27 heavy (non-hydrogen) atoms. The van der Waals surface area contributed by atoms with Gasteiger partial charge < -0.3 is 20.1 Å². The van der Waals surface area contributed by atoms with Gasteiger partial charge in [-0.3, -0.25) is 9.78 Å². The largest absolute Gasteiger partial charge is 0.493 e. The minimum atomic E-state index is -0.0135. The number of nitrogen functional groups attached to an aromatic ring is 1. The van der Waals surface area contributed by atoms with Gasteiger partial charge in [0.05, 0.1) is 41.4 Å². The van der Waals surface area contributed by atoms with Crippen LogP contribution in [0.3, 0.4) is 0 Å². The fourth-order valence-corrected chi connectivity index (χ4v) is 4.65. The summed E-state index contributed by atoms with van der Waals surface area (Å²) in [5, 5.41) is 0.920. The molecule has 2 aromatic heterocycles. The number of hydrogen-bond acceptors (Lipinski definition) is 7. The SMILES string of the molecule is COc1cc2c(cc1OC)CN(c1cncc3sc(C(C)=O)c(N)c13)CC2. The Balaban J connectivity index is 1.77. The molecule has 0 unspecified atom stereocenters. The summed E-state index contributed by atoms with van der Waals surface area (Å²) >= 11 is 1.41. The van der Waals surface area contributed by atoms with Crippen LogP contribution in [0, 0.1) is 0 Å². The molecule has 0 radical (unpaired) electrons.